The highest BCUT2D eigenvalue weighted by molar-refractivity contribution is 6.31. The average Bonchev–Trinajstić information content (AvgIpc) is 3.07. The summed E-state index contributed by atoms with van der Waals surface area (Å²) in [6, 6.07) is 18.1. The van der Waals surface area contributed by atoms with Gasteiger partial charge in [-0.1, -0.05) is 31.2 Å². The summed E-state index contributed by atoms with van der Waals surface area (Å²) in [4.78, 5) is 22.0. The molecule has 39 heavy (non-hydrogen) atoms. The van der Waals surface area contributed by atoms with Gasteiger partial charge in [0, 0.05) is 51.7 Å². The standard InChI is InChI=1S/C28H18ClF2N7.CH4/c29-17-5-10-20-21(13-17)26(24-22(30)3-1-4-23(24)31)34-14-16-15-35-28(38-25(16)20)37-19-8-6-18(7-9-19)36-27-32-11-2-12-33-27;/h1-13,15H,14H2,(H,32,33,36)(H,35,37,38);1H4. The van der Waals surface area contributed by atoms with Crippen molar-refractivity contribution in [3.63, 3.8) is 0 Å². The first kappa shape index (κ1) is 25.9. The van der Waals surface area contributed by atoms with Gasteiger partial charge in [-0.2, -0.15) is 0 Å². The molecule has 1 aliphatic rings. The number of nitrogens with zero attached hydrogens (tertiary/aromatic N) is 5. The zero-order valence-corrected chi connectivity index (χ0v) is 20.4. The summed E-state index contributed by atoms with van der Waals surface area (Å²) in [5, 5.41) is 6.75. The van der Waals surface area contributed by atoms with Crippen LogP contribution in [-0.4, -0.2) is 25.6 Å². The van der Waals surface area contributed by atoms with Crippen LogP contribution >= 0.6 is 11.6 Å². The Morgan fingerprint density at radius 1 is 0.744 bits per heavy atom. The van der Waals surface area contributed by atoms with E-state index < -0.39 is 11.6 Å². The molecule has 3 heterocycles. The minimum atomic E-state index is -0.703. The van der Waals surface area contributed by atoms with Crippen LogP contribution in [0.1, 0.15) is 24.1 Å². The van der Waals surface area contributed by atoms with Crippen LogP contribution in [0.5, 0.6) is 0 Å². The summed E-state index contributed by atoms with van der Waals surface area (Å²) in [5.41, 5.74) is 4.01. The molecule has 0 atom stereocenters. The summed E-state index contributed by atoms with van der Waals surface area (Å²) in [5.74, 6) is -0.549. The van der Waals surface area contributed by atoms with Crippen LogP contribution < -0.4 is 10.6 Å². The van der Waals surface area contributed by atoms with E-state index in [1.165, 1.54) is 18.2 Å². The van der Waals surface area contributed by atoms with Gasteiger partial charge in [-0.05, 0) is 54.6 Å². The molecule has 5 aromatic rings. The molecule has 0 radical (unpaired) electrons. The second-order valence-corrected chi connectivity index (χ2v) is 8.86. The molecule has 6 rings (SSSR count). The van der Waals surface area contributed by atoms with Crippen molar-refractivity contribution in [1.29, 1.82) is 0 Å². The number of nitrogens with one attached hydrogen (secondary N) is 2. The van der Waals surface area contributed by atoms with E-state index in [0.29, 0.717) is 39.3 Å². The molecule has 0 amide bonds. The highest BCUT2D eigenvalue weighted by Gasteiger charge is 2.25. The number of aromatic nitrogens is 4. The number of rotatable bonds is 5. The molecule has 2 aromatic heterocycles. The Kier molecular flexibility index (Phi) is 7.25. The predicted molar refractivity (Wildman–Crippen MR) is 150 cm³/mol. The van der Waals surface area contributed by atoms with Gasteiger partial charge >= 0.3 is 0 Å². The Bertz CT molecular complexity index is 1660. The Morgan fingerprint density at radius 3 is 2.10 bits per heavy atom. The lowest BCUT2D eigenvalue weighted by molar-refractivity contribution is 0.579. The monoisotopic (exact) mass is 541 g/mol. The Hall–Kier alpha value is -4.76. The Balaban J connectivity index is 0.00000308. The van der Waals surface area contributed by atoms with Gasteiger partial charge in [-0.15, -0.1) is 0 Å². The van der Waals surface area contributed by atoms with Crippen LogP contribution in [0, 0.1) is 11.6 Å². The van der Waals surface area contributed by atoms with Gasteiger partial charge in [0.15, 0.2) is 0 Å². The van der Waals surface area contributed by atoms with Gasteiger partial charge in [-0.3, -0.25) is 4.99 Å². The highest BCUT2D eigenvalue weighted by atomic mass is 35.5. The van der Waals surface area contributed by atoms with Crippen LogP contribution in [0.4, 0.5) is 32.1 Å². The van der Waals surface area contributed by atoms with E-state index in [2.05, 4.69) is 30.6 Å². The Labute approximate surface area is 228 Å². The maximum absolute atomic E-state index is 14.7. The van der Waals surface area contributed by atoms with Gasteiger partial charge < -0.3 is 10.6 Å². The van der Waals surface area contributed by atoms with E-state index in [-0.39, 0.29) is 25.2 Å². The zero-order valence-electron chi connectivity index (χ0n) is 19.7. The summed E-state index contributed by atoms with van der Waals surface area (Å²) >= 11 is 6.29. The van der Waals surface area contributed by atoms with Crippen LogP contribution in [-0.2, 0) is 6.54 Å². The fraction of sp³-hybridized carbons (Fsp3) is 0.0690. The number of halogens is 3. The summed E-state index contributed by atoms with van der Waals surface area (Å²) in [6.07, 6.45) is 4.98. The summed E-state index contributed by atoms with van der Waals surface area (Å²) in [6.45, 7) is 0.146. The van der Waals surface area contributed by atoms with Gasteiger partial charge in [0.25, 0.3) is 0 Å². The van der Waals surface area contributed by atoms with Gasteiger partial charge in [0.2, 0.25) is 11.9 Å². The smallest absolute Gasteiger partial charge is 0.227 e. The van der Waals surface area contributed by atoms with Crippen molar-refractivity contribution in [3.05, 3.63) is 119 Å². The number of hydrogen-bond acceptors (Lipinski definition) is 7. The van der Waals surface area contributed by atoms with Crippen molar-refractivity contribution < 1.29 is 8.78 Å². The minimum Gasteiger partial charge on any atom is -0.324 e. The molecule has 2 N–H and O–H groups in total. The van der Waals surface area contributed by atoms with E-state index in [9.17, 15) is 8.78 Å². The molecule has 0 spiro atoms. The quantitative estimate of drug-likeness (QED) is 0.242. The lowest BCUT2D eigenvalue weighted by Gasteiger charge is -2.13. The predicted octanol–water partition coefficient (Wildman–Crippen LogP) is 7.34. The van der Waals surface area contributed by atoms with Crippen LogP contribution in [0.3, 0.4) is 0 Å². The maximum Gasteiger partial charge on any atom is 0.227 e. The average molecular weight is 542 g/mol. The van der Waals surface area contributed by atoms with Crippen molar-refractivity contribution in [1.82, 2.24) is 19.9 Å². The molecular weight excluding hydrogens is 520 g/mol. The molecule has 0 saturated carbocycles. The van der Waals surface area contributed by atoms with E-state index in [4.69, 9.17) is 16.6 Å². The van der Waals surface area contributed by atoms with Crippen molar-refractivity contribution in [2.24, 2.45) is 4.99 Å². The number of aliphatic imine (C=N–C) groups is 1. The number of hydrogen-bond donors (Lipinski definition) is 2. The highest BCUT2D eigenvalue weighted by Crippen LogP contribution is 2.34. The lowest BCUT2D eigenvalue weighted by Crippen LogP contribution is -2.10. The fourth-order valence-electron chi connectivity index (χ4n) is 4.18. The van der Waals surface area contributed by atoms with E-state index in [0.717, 1.165) is 11.4 Å². The van der Waals surface area contributed by atoms with Crippen molar-refractivity contribution in [2.45, 2.75) is 14.0 Å². The first-order valence-electron chi connectivity index (χ1n) is 11.6. The zero-order chi connectivity index (χ0) is 26.1. The molecule has 0 fully saturated rings. The van der Waals surface area contributed by atoms with Gasteiger partial charge in [-0.25, -0.2) is 28.7 Å². The number of anilines is 4. The Morgan fingerprint density at radius 2 is 1.41 bits per heavy atom. The third-order valence-electron chi connectivity index (χ3n) is 5.93. The first-order chi connectivity index (χ1) is 18.5. The molecule has 7 nitrogen and oxygen atoms in total. The number of fused-ring (bicyclic) bond motifs is 3. The first-order valence-corrected chi connectivity index (χ1v) is 12.0. The van der Waals surface area contributed by atoms with E-state index in [1.54, 1.807) is 42.9 Å². The van der Waals surface area contributed by atoms with Crippen LogP contribution in [0.25, 0.3) is 11.3 Å². The molecule has 0 saturated heterocycles. The van der Waals surface area contributed by atoms with Crippen molar-refractivity contribution in [2.75, 3.05) is 10.6 Å². The largest absolute Gasteiger partial charge is 0.324 e. The molecular formula is C29H22ClF2N7. The third kappa shape index (κ3) is 5.30. The second kappa shape index (κ2) is 10.9. The van der Waals surface area contributed by atoms with Crippen LogP contribution in [0.2, 0.25) is 5.02 Å². The van der Waals surface area contributed by atoms with Crippen molar-refractivity contribution in [3.8, 4) is 11.3 Å². The normalized spacial score (nSPS) is 11.8. The maximum atomic E-state index is 14.7. The lowest BCUT2D eigenvalue weighted by atomic mass is 9.95. The van der Waals surface area contributed by atoms with Crippen LogP contribution in [0.15, 0.2) is 90.3 Å². The second-order valence-electron chi connectivity index (χ2n) is 8.42. The topological polar surface area (TPSA) is 88.0 Å². The molecule has 0 bridgehead atoms. The summed E-state index contributed by atoms with van der Waals surface area (Å²) in [7, 11) is 0. The molecule has 1 aliphatic heterocycles. The molecule has 0 unspecified atom stereocenters. The van der Waals surface area contributed by atoms with Gasteiger partial charge in [0.1, 0.15) is 11.6 Å². The minimum absolute atomic E-state index is 0. The molecule has 0 aliphatic carbocycles. The van der Waals surface area contributed by atoms with E-state index in [1.807, 2.05) is 24.3 Å². The molecule has 3 aromatic carbocycles. The SMILES string of the molecule is C.Fc1cccc(F)c1C1=NCc2cnc(Nc3ccc(Nc4ncccn4)cc3)nc2-c2ccc(Cl)cc21. The molecule has 10 heteroatoms. The van der Waals surface area contributed by atoms with E-state index >= 15 is 0 Å². The summed E-state index contributed by atoms with van der Waals surface area (Å²) < 4.78 is 29.5. The third-order valence-corrected chi connectivity index (χ3v) is 6.16. The molecule has 194 valence electrons. The number of benzene rings is 3. The van der Waals surface area contributed by atoms with Gasteiger partial charge in [0.05, 0.1) is 23.5 Å². The van der Waals surface area contributed by atoms with Crippen molar-refractivity contribution >= 4 is 40.6 Å². The fourth-order valence-corrected chi connectivity index (χ4v) is 4.35.